The van der Waals surface area contributed by atoms with Crippen LogP contribution in [0.1, 0.15) is 47.8 Å². The van der Waals surface area contributed by atoms with Gasteiger partial charge in [0.05, 0.1) is 5.69 Å². The standard InChI is InChI=1S/C16H15F3N2/c17-12-5-1-3-9(15(12)19)10-6-7-13(20)16-11(14(10)18)4-2-8-21-16/h1-5,8,10,13-14H,6-7,20H2. The van der Waals surface area contributed by atoms with Gasteiger partial charge < -0.3 is 5.73 Å². The number of nitrogens with zero attached hydrogens (tertiary/aromatic N) is 1. The molecule has 0 saturated carbocycles. The Kier molecular flexibility index (Phi) is 3.68. The van der Waals surface area contributed by atoms with Gasteiger partial charge in [-0.2, -0.15) is 0 Å². The van der Waals surface area contributed by atoms with Crippen molar-refractivity contribution in [1.29, 1.82) is 0 Å². The van der Waals surface area contributed by atoms with Crippen LogP contribution in [0.15, 0.2) is 36.5 Å². The first-order valence-corrected chi connectivity index (χ1v) is 6.88. The Morgan fingerprint density at radius 1 is 1.05 bits per heavy atom. The van der Waals surface area contributed by atoms with Crippen LogP contribution in [0.4, 0.5) is 13.2 Å². The monoisotopic (exact) mass is 292 g/mol. The second-order valence-electron chi connectivity index (χ2n) is 5.31. The Balaban J connectivity index is 2.07. The van der Waals surface area contributed by atoms with E-state index in [1.807, 2.05) is 0 Å². The van der Waals surface area contributed by atoms with E-state index >= 15 is 0 Å². The lowest BCUT2D eigenvalue weighted by Crippen LogP contribution is -2.12. The molecule has 0 fully saturated rings. The quantitative estimate of drug-likeness (QED) is 0.808. The van der Waals surface area contributed by atoms with E-state index in [9.17, 15) is 13.2 Å². The van der Waals surface area contributed by atoms with Crippen LogP contribution in [0, 0.1) is 11.6 Å². The fourth-order valence-corrected chi connectivity index (χ4v) is 2.95. The largest absolute Gasteiger partial charge is 0.323 e. The molecule has 2 nitrogen and oxygen atoms in total. The second-order valence-corrected chi connectivity index (χ2v) is 5.31. The summed E-state index contributed by atoms with van der Waals surface area (Å²) in [5.74, 6) is -2.69. The topological polar surface area (TPSA) is 38.9 Å². The number of hydrogen-bond acceptors (Lipinski definition) is 2. The van der Waals surface area contributed by atoms with Gasteiger partial charge in [0.2, 0.25) is 0 Å². The van der Waals surface area contributed by atoms with E-state index in [0.29, 0.717) is 24.1 Å². The van der Waals surface area contributed by atoms with Gasteiger partial charge in [0.25, 0.3) is 0 Å². The molecule has 2 N–H and O–H groups in total. The minimum Gasteiger partial charge on any atom is -0.323 e. The lowest BCUT2D eigenvalue weighted by Gasteiger charge is -2.20. The van der Waals surface area contributed by atoms with Gasteiger partial charge in [-0.1, -0.05) is 18.2 Å². The molecule has 110 valence electrons. The lowest BCUT2D eigenvalue weighted by atomic mass is 9.88. The Hall–Kier alpha value is -1.88. The third-order valence-electron chi connectivity index (χ3n) is 4.04. The number of nitrogens with two attached hydrogens (primary N) is 1. The summed E-state index contributed by atoms with van der Waals surface area (Å²) in [6.45, 7) is 0. The fraction of sp³-hybridized carbons (Fsp3) is 0.312. The first-order chi connectivity index (χ1) is 10.1. The zero-order valence-corrected chi connectivity index (χ0v) is 11.3. The van der Waals surface area contributed by atoms with Crippen LogP contribution in [-0.4, -0.2) is 4.98 Å². The van der Waals surface area contributed by atoms with E-state index in [-0.39, 0.29) is 11.6 Å². The predicted molar refractivity (Wildman–Crippen MR) is 73.3 cm³/mol. The van der Waals surface area contributed by atoms with Gasteiger partial charge in [0.1, 0.15) is 6.17 Å². The molecule has 0 saturated heterocycles. The highest BCUT2D eigenvalue weighted by Gasteiger charge is 2.34. The number of pyridine rings is 1. The highest BCUT2D eigenvalue weighted by Crippen LogP contribution is 2.44. The summed E-state index contributed by atoms with van der Waals surface area (Å²) in [7, 11) is 0. The van der Waals surface area contributed by atoms with Gasteiger partial charge in [0.15, 0.2) is 11.6 Å². The van der Waals surface area contributed by atoms with Crippen LogP contribution in [-0.2, 0) is 0 Å². The molecule has 3 rings (SSSR count). The molecule has 2 aromatic rings. The first kappa shape index (κ1) is 14.1. The summed E-state index contributed by atoms with van der Waals surface area (Å²) >= 11 is 0. The molecule has 21 heavy (non-hydrogen) atoms. The number of alkyl halides is 1. The second kappa shape index (κ2) is 5.48. The van der Waals surface area contributed by atoms with E-state index < -0.39 is 23.7 Å². The highest BCUT2D eigenvalue weighted by molar-refractivity contribution is 5.33. The van der Waals surface area contributed by atoms with Crippen LogP contribution in [0.3, 0.4) is 0 Å². The number of hydrogen-bond donors (Lipinski definition) is 1. The molecule has 0 aliphatic heterocycles. The molecule has 0 bridgehead atoms. The van der Waals surface area contributed by atoms with Crippen LogP contribution >= 0.6 is 0 Å². The fourth-order valence-electron chi connectivity index (χ4n) is 2.95. The normalized spacial score (nSPS) is 25.2. The summed E-state index contributed by atoms with van der Waals surface area (Å²) in [6.07, 6.45) is 0.942. The number of halogens is 3. The number of benzene rings is 1. The van der Waals surface area contributed by atoms with Gasteiger partial charge in [-0.05, 0) is 30.5 Å². The van der Waals surface area contributed by atoms with Crippen LogP contribution in [0.25, 0.3) is 0 Å². The van der Waals surface area contributed by atoms with Gasteiger partial charge in [0, 0.05) is 23.7 Å². The summed E-state index contributed by atoms with van der Waals surface area (Å²) in [5.41, 5.74) is 6.96. The van der Waals surface area contributed by atoms with Crippen molar-refractivity contribution in [3.63, 3.8) is 0 Å². The maximum Gasteiger partial charge on any atom is 0.162 e. The SMILES string of the molecule is NC1CCC(c2cccc(F)c2F)C(F)c2cccnc21. The molecule has 1 aliphatic rings. The van der Waals surface area contributed by atoms with Gasteiger partial charge in [-0.15, -0.1) is 0 Å². The average Bonchev–Trinajstić information content (AvgIpc) is 2.62. The summed E-state index contributed by atoms with van der Waals surface area (Å²) < 4.78 is 42.3. The molecule has 5 heteroatoms. The van der Waals surface area contributed by atoms with Crippen molar-refractivity contribution in [1.82, 2.24) is 4.98 Å². The first-order valence-electron chi connectivity index (χ1n) is 6.88. The minimum atomic E-state index is -1.45. The van der Waals surface area contributed by atoms with Gasteiger partial charge >= 0.3 is 0 Å². The van der Waals surface area contributed by atoms with Crippen molar-refractivity contribution in [2.24, 2.45) is 5.73 Å². The Labute approximate surface area is 120 Å². The molecule has 3 unspecified atom stereocenters. The molecule has 1 aromatic carbocycles. The molecule has 1 aromatic heterocycles. The van der Waals surface area contributed by atoms with Crippen molar-refractivity contribution in [3.05, 3.63) is 65.0 Å². The minimum absolute atomic E-state index is 0.0615. The predicted octanol–water partition coefficient (Wildman–Crippen LogP) is 3.95. The van der Waals surface area contributed by atoms with Gasteiger partial charge in [-0.3, -0.25) is 4.98 Å². The van der Waals surface area contributed by atoms with Crippen molar-refractivity contribution in [3.8, 4) is 0 Å². The summed E-state index contributed by atoms with van der Waals surface area (Å²) in [5, 5.41) is 0. The van der Waals surface area contributed by atoms with Crippen molar-refractivity contribution in [2.75, 3.05) is 0 Å². The maximum atomic E-state index is 14.9. The van der Waals surface area contributed by atoms with Crippen molar-refractivity contribution < 1.29 is 13.2 Å². The lowest BCUT2D eigenvalue weighted by molar-refractivity contribution is 0.274. The smallest absolute Gasteiger partial charge is 0.162 e. The molecule has 0 amide bonds. The zero-order valence-electron chi connectivity index (χ0n) is 11.3. The number of aromatic nitrogens is 1. The van der Waals surface area contributed by atoms with Crippen molar-refractivity contribution >= 4 is 0 Å². The van der Waals surface area contributed by atoms with Crippen LogP contribution < -0.4 is 5.73 Å². The maximum absolute atomic E-state index is 14.9. The summed E-state index contributed by atoms with van der Waals surface area (Å²) in [6, 6.07) is 6.72. The van der Waals surface area contributed by atoms with Crippen LogP contribution in [0.5, 0.6) is 0 Å². The van der Waals surface area contributed by atoms with E-state index in [1.54, 1.807) is 18.3 Å². The van der Waals surface area contributed by atoms with Crippen molar-refractivity contribution in [2.45, 2.75) is 31.0 Å². The summed E-state index contributed by atoms with van der Waals surface area (Å²) in [4.78, 5) is 4.15. The Morgan fingerprint density at radius 3 is 2.62 bits per heavy atom. The molecular weight excluding hydrogens is 277 g/mol. The molecule has 0 spiro atoms. The Morgan fingerprint density at radius 2 is 1.81 bits per heavy atom. The molecular formula is C16H15F3N2. The highest BCUT2D eigenvalue weighted by atomic mass is 19.2. The van der Waals surface area contributed by atoms with E-state index in [1.165, 1.54) is 12.1 Å². The zero-order chi connectivity index (χ0) is 15.0. The molecule has 0 radical (unpaired) electrons. The van der Waals surface area contributed by atoms with Crippen LogP contribution in [0.2, 0.25) is 0 Å². The number of rotatable bonds is 1. The number of fused-ring (bicyclic) bond motifs is 1. The average molecular weight is 292 g/mol. The molecule has 3 atom stereocenters. The van der Waals surface area contributed by atoms with E-state index in [4.69, 9.17) is 5.73 Å². The molecule has 1 heterocycles. The Bertz CT molecular complexity index is 660. The third kappa shape index (κ3) is 2.42. The van der Waals surface area contributed by atoms with E-state index in [2.05, 4.69) is 4.98 Å². The molecule has 1 aliphatic carbocycles. The third-order valence-corrected chi connectivity index (χ3v) is 4.04. The van der Waals surface area contributed by atoms with E-state index in [0.717, 1.165) is 6.07 Å². The van der Waals surface area contributed by atoms with Gasteiger partial charge in [-0.25, -0.2) is 13.2 Å².